The van der Waals surface area contributed by atoms with Gasteiger partial charge in [0.15, 0.2) is 0 Å². The molecule has 1 heterocycles. The molecule has 3 rings (SSSR count). The van der Waals surface area contributed by atoms with Crippen molar-refractivity contribution in [1.29, 1.82) is 0 Å². The smallest absolute Gasteiger partial charge is 0.254 e. The summed E-state index contributed by atoms with van der Waals surface area (Å²) in [5.41, 5.74) is 13.7. The van der Waals surface area contributed by atoms with Crippen molar-refractivity contribution in [3.63, 3.8) is 0 Å². The van der Waals surface area contributed by atoms with Gasteiger partial charge in [-0.25, -0.2) is 0 Å². The quantitative estimate of drug-likeness (QED) is 0.579. The molecule has 2 aromatic rings. The minimum absolute atomic E-state index is 0.194. The van der Waals surface area contributed by atoms with Gasteiger partial charge in [0.05, 0.1) is 11.7 Å². The summed E-state index contributed by atoms with van der Waals surface area (Å²) in [6.07, 6.45) is 0.687. The van der Waals surface area contributed by atoms with E-state index in [0.717, 1.165) is 5.56 Å². The molecule has 0 aromatic heterocycles. The van der Waals surface area contributed by atoms with Gasteiger partial charge in [-0.2, -0.15) is 0 Å². The molecule has 1 atom stereocenters. The highest BCUT2D eigenvalue weighted by molar-refractivity contribution is 6.01. The number of aliphatic hydroxyl groups excluding tert-OH is 1. The number of carbonyl (C=O) groups excluding carboxylic acids is 2. The van der Waals surface area contributed by atoms with Crippen LogP contribution < -0.4 is 16.8 Å². The number of nitrogens with two attached hydrogens (primary N) is 2. The van der Waals surface area contributed by atoms with Gasteiger partial charge in [-0.1, -0.05) is 36.4 Å². The molecular weight excluding hydrogens is 356 g/mol. The normalized spacial score (nSPS) is 15.9. The first kappa shape index (κ1) is 19.9. The molecule has 0 spiro atoms. The molecule has 28 heavy (non-hydrogen) atoms. The summed E-state index contributed by atoms with van der Waals surface area (Å²) < 4.78 is 0. The molecule has 148 valence electrons. The third kappa shape index (κ3) is 4.49. The average Bonchev–Trinajstić information content (AvgIpc) is 2.73. The van der Waals surface area contributed by atoms with Crippen LogP contribution in [0.25, 0.3) is 0 Å². The van der Waals surface area contributed by atoms with Crippen molar-refractivity contribution in [1.82, 2.24) is 10.2 Å². The zero-order valence-corrected chi connectivity index (χ0v) is 15.7. The maximum atomic E-state index is 13.2. The SMILES string of the molecule is NCc1ccc(N)c(C(=O)N[C@@H](C(=O)N2CCC(O)CC2)c2ccccc2)c1. The summed E-state index contributed by atoms with van der Waals surface area (Å²) in [4.78, 5) is 27.8. The van der Waals surface area contributed by atoms with Crippen LogP contribution in [-0.4, -0.2) is 41.0 Å². The summed E-state index contributed by atoms with van der Waals surface area (Å²) in [5, 5.41) is 12.5. The molecule has 0 radical (unpaired) electrons. The largest absolute Gasteiger partial charge is 0.398 e. The van der Waals surface area contributed by atoms with E-state index >= 15 is 0 Å². The Morgan fingerprint density at radius 3 is 2.46 bits per heavy atom. The van der Waals surface area contributed by atoms with Crippen LogP contribution in [0.2, 0.25) is 0 Å². The second-order valence-electron chi connectivity index (χ2n) is 7.00. The van der Waals surface area contributed by atoms with Crippen LogP contribution in [0.1, 0.15) is 40.4 Å². The lowest BCUT2D eigenvalue weighted by Gasteiger charge is -2.33. The molecule has 1 aliphatic heterocycles. The van der Waals surface area contributed by atoms with E-state index in [1.165, 1.54) is 0 Å². The fourth-order valence-electron chi connectivity index (χ4n) is 3.34. The van der Waals surface area contributed by atoms with E-state index in [1.807, 2.05) is 18.2 Å². The Morgan fingerprint density at radius 2 is 1.82 bits per heavy atom. The van der Waals surface area contributed by atoms with Crippen LogP contribution in [0.5, 0.6) is 0 Å². The maximum absolute atomic E-state index is 13.2. The summed E-state index contributed by atoms with van der Waals surface area (Å²) in [5.74, 6) is -0.618. The van der Waals surface area contributed by atoms with Gasteiger partial charge >= 0.3 is 0 Å². The maximum Gasteiger partial charge on any atom is 0.254 e. The third-order valence-corrected chi connectivity index (χ3v) is 5.03. The number of rotatable bonds is 5. The van der Waals surface area contributed by atoms with Crippen LogP contribution in [0, 0.1) is 0 Å². The van der Waals surface area contributed by atoms with Crippen molar-refractivity contribution in [2.45, 2.75) is 31.5 Å². The first-order valence-electron chi connectivity index (χ1n) is 9.40. The van der Waals surface area contributed by atoms with Crippen molar-refractivity contribution >= 4 is 17.5 Å². The van der Waals surface area contributed by atoms with Gasteiger partial charge < -0.3 is 26.8 Å². The van der Waals surface area contributed by atoms with E-state index in [2.05, 4.69) is 5.32 Å². The van der Waals surface area contributed by atoms with Crippen molar-refractivity contribution in [3.05, 3.63) is 65.2 Å². The first-order valence-corrected chi connectivity index (χ1v) is 9.40. The summed E-state index contributed by atoms with van der Waals surface area (Å²) in [6.45, 7) is 1.21. The highest BCUT2D eigenvalue weighted by atomic mass is 16.3. The Kier molecular flexibility index (Phi) is 6.28. The molecule has 0 unspecified atom stereocenters. The Labute approximate surface area is 164 Å². The number of carbonyl (C=O) groups is 2. The number of aliphatic hydroxyl groups is 1. The standard InChI is InChI=1S/C21H26N4O3/c22-13-14-6-7-18(23)17(12-14)20(27)24-19(15-4-2-1-3-5-15)21(28)25-10-8-16(26)9-11-25/h1-7,12,16,19,26H,8-11,13,22-23H2,(H,24,27)/t19-/m1/s1. The van der Waals surface area contributed by atoms with E-state index in [1.54, 1.807) is 35.2 Å². The minimum atomic E-state index is -0.829. The number of nitrogen functional groups attached to an aromatic ring is 1. The van der Waals surface area contributed by atoms with Crippen LogP contribution >= 0.6 is 0 Å². The number of likely N-dealkylation sites (tertiary alicyclic amines) is 1. The molecular formula is C21H26N4O3. The van der Waals surface area contributed by atoms with Gasteiger partial charge in [-0.05, 0) is 36.1 Å². The van der Waals surface area contributed by atoms with Crippen LogP contribution in [0.15, 0.2) is 48.5 Å². The zero-order valence-electron chi connectivity index (χ0n) is 15.7. The Balaban J connectivity index is 1.85. The van der Waals surface area contributed by atoms with Crippen LogP contribution in [0.4, 0.5) is 5.69 Å². The molecule has 1 fully saturated rings. The first-order chi connectivity index (χ1) is 13.5. The number of nitrogens with one attached hydrogen (secondary N) is 1. The summed E-state index contributed by atoms with van der Waals surface area (Å²) in [7, 11) is 0. The van der Waals surface area contributed by atoms with Crippen molar-refractivity contribution < 1.29 is 14.7 Å². The predicted octanol–water partition coefficient (Wildman–Crippen LogP) is 1.18. The lowest BCUT2D eigenvalue weighted by molar-refractivity contribution is -0.135. The zero-order chi connectivity index (χ0) is 20.1. The topological polar surface area (TPSA) is 122 Å². The molecule has 2 aromatic carbocycles. The van der Waals surface area contributed by atoms with Crippen LogP contribution in [0.3, 0.4) is 0 Å². The molecule has 1 aliphatic rings. The second kappa shape index (κ2) is 8.86. The molecule has 7 nitrogen and oxygen atoms in total. The predicted molar refractivity (Wildman–Crippen MR) is 107 cm³/mol. The summed E-state index contributed by atoms with van der Waals surface area (Å²) in [6, 6.07) is 13.3. The number of hydrogen-bond acceptors (Lipinski definition) is 5. The Hall–Kier alpha value is -2.90. The van der Waals surface area contributed by atoms with E-state index in [9.17, 15) is 14.7 Å². The lowest BCUT2D eigenvalue weighted by atomic mass is 10.0. The van der Waals surface area contributed by atoms with Crippen LogP contribution in [-0.2, 0) is 11.3 Å². The van der Waals surface area contributed by atoms with Gasteiger partial charge in [-0.3, -0.25) is 9.59 Å². The summed E-state index contributed by atoms with van der Waals surface area (Å²) >= 11 is 0. The van der Waals surface area contributed by atoms with E-state index < -0.39 is 11.9 Å². The van der Waals surface area contributed by atoms with Crippen molar-refractivity contribution in [3.8, 4) is 0 Å². The van der Waals surface area contributed by atoms with Gasteiger partial charge in [0, 0.05) is 25.3 Å². The highest BCUT2D eigenvalue weighted by Gasteiger charge is 2.30. The fourth-order valence-corrected chi connectivity index (χ4v) is 3.34. The lowest BCUT2D eigenvalue weighted by Crippen LogP contribution is -2.47. The number of hydrogen-bond donors (Lipinski definition) is 4. The van der Waals surface area contributed by atoms with Gasteiger partial charge in [0.2, 0.25) is 5.91 Å². The molecule has 7 heteroatoms. The number of piperidine rings is 1. The highest BCUT2D eigenvalue weighted by Crippen LogP contribution is 2.21. The van der Waals surface area contributed by atoms with E-state index in [4.69, 9.17) is 11.5 Å². The number of anilines is 1. The Bertz CT molecular complexity index is 833. The number of nitrogens with zero attached hydrogens (tertiary/aromatic N) is 1. The monoisotopic (exact) mass is 382 g/mol. The second-order valence-corrected chi connectivity index (χ2v) is 7.00. The van der Waals surface area contributed by atoms with E-state index in [-0.39, 0.29) is 18.6 Å². The van der Waals surface area contributed by atoms with Gasteiger partial charge in [0.1, 0.15) is 6.04 Å². The van der Waals surface area contributed by atoms with Crippen molar-refractivity contribution in [2.75, 3.05) is 18.8 Å². The molecule has 0 bridgehead atoms. The molecule has 1 saturated heterocycles. The van der Waals surface area contributed by atoms with Crippen molar-refractivity contribution in [2.24, 2.45) is 5.73 Å². The fraction of sp³-hybridized carbons (Fsp3) is 0.333. The molecule has 0 aliphatic carbocycles. The average molecular weight is 382 g/mol. The third-order valence-electron chi connectivity index (χ3n) is 5.03. The number of benzene rings is 2. The Morgan fingerprint density at radius 1 is 1.14 bits per heavy atom. The van der Waals surface area contributed by atoms with Gasteiger partial charge in [-0.15, -0.1) is 0 Å². The number of amides is 2. The molecule has 6 N–H and O–H groups in total. The minimum Gasteiger partial charge on any atom is -0.398 e. The molecule has 2 amide bonds. The van der Waals surface area contributed by atoms with E-state index in [0.29, 0.717) is 42.7 Å². The molecule has 0 saturated carbocycles. The van der Waals surface area contributed by atoms with Gasteiger partial charge in [0.25, 0.3) is 5.91 Å².